The Morgan fingerprint density at radius 2 is 1.33 bits per heavy atom. The van der Waals surface area contributed by atoms with Crippen molar-refractivity contribution in [1.29, 1.82) is 0 Å². The summed E-state index contributed by atoms with van der Waals surface area (Å²) in [5.41, 5.74) is 6.01. The fraction of sp³-hybridized carbons (Fsp3) is 0.550. The fourth-order valence-corrected chi connectivity index (χ4v) is 2.00. The zero-order valence-electron chi connectivity index (χ0n) is 14.7. The highest BCUT2D eigenvalue weighted by Gasteiger charge is 2.01. The normalized spacial score (nSPS) is 12.6. The van der Waals surface area contributed by atoms with Crippen LogP contribution in [0.3, 0.4) is 0 Å². The van der Waals surface area contributed by atoms with Gasteiger partial charge in [-0.3, -0.25) is 4.79 Å². The van der Waals surface area contributed by atoms with Crippen LogP contribution >= 0.6 is 0 Å². The molecule has 0 N–H and O–H groups in total. The maximum absolute atomic E-state index is 11.1. The molecular weight excluding hydrogens is 256 g/mol. The van der Waals surface area contributed by atoms with Gasteiger partial charge in [0.05, 0.1) is 0 Å². The molecule has 21 heavy (non-hydrogen) atoms. The van der Waals surface area contributed by atoms with Crippen LogP contribution < -0.4 is 0 Å². The fourth-order valence-electron chi connectivity index (χ4n) is 2.00. The molecular formula is C20H31O. The molecule has 0 aliphatic carbocycles. The number of hydrogen-bond donors (Lipinski definition) is 0. The first kappa shape index (κ1) is 19.6. The second-order valence-corrected chi connectivity index (χ2v) is 6.26. The maximum atomic E-state index is 11.1. The summed E-state index contributed by atoms with van der Waals surface area (Å²) in [6.45, 7) is 12.6. The summed E-state index contributed by atoms with van der Waals surface area (Å²) in [6, 6.07) is 0. The van der Waals surface area contributed by atoms with Crippen LogP contribution in [0.15, 0.2) is 46.1 Å². The molecule has 0 aliphatic heterocycles. The van der Waals surface area contributed by atoms with Crippen molar-refractivity contribution >= 4 is 6.29 Å². The second-order valence-electron chi connectivity index (χ2n) is 6.26. The Balaban J connectivity index is 4.50. The molecule has 0 spiro atoms. The van der Waals surface area contributed by atoms with Crippen molar-refractivity contribution in [3.63, 3.8) is 0 Å². The van der Waals surface area contributed by atoms with Gasteiger partial charge in [-0.05, 0) is 73.6 Å². The molecule has 0 bridgehead atoms. The molecule has 0 heterocycles. The molecule has 0 aliphatic rings. The molecule has 1 heteroatoms. The van der Waals surface area contributed by atoms with E-state index in [1.807, 2.05) is 6.92 Å². The van der Waals surface area contributed by atoms with Crippen LogP contribution in [-0.2, 0) is 4.79 Å². The molecule has 0 rings (SSSR count). The van der Waals surface area contributed by atoms with Crippen molar-refractivity contribution in [3.8, 4) is 0 Å². The van der Waals surface area contributed by atoms with E-state index >= 15 is 0 Å². The highest BCUT2D eigenvalue weighted by atomic mass is 16.1. The number of rotatable bonds is 9. The van der Waals surface area contributed by atoms with Gasteiger partial charge >= 0.3 is 0 Å². The van der Waals surface area contributed by atoms with Gasteiger partial charge in [0.1, 0.15) is 0 Å². The first-order chi connectivity index (χ1) is 9.86. The van der Waals surface area contributed by atoms with Gasteiger partial charge in [0.2, 0.25) is 6.29 Å². The van der Waals surface area contributed by atoms with Gasteiger partial charge < -0.3 is 0 Å². The molecule has 0 fully saturated rings. The van der Waals surface area contributed by atoms with E-state index in [0.29, 0.717) is 6.42 Å². The Hall–Kier alpha value is -1.37. The molecule has 0 aromatic heterocycles. The van der Waals surface area contributed by atoms with E-state index in [1.54, 1.807) is 0 Å². The molecule has 0 atom stereocenters. The smallest absolute Gasteiger partial charge is 0.229 e. The van der Waals surface area contributed by atoms with Gasteiger partial charge in [0, 0.05) is 5.57 Å². The molecule has 0 unspecified atom stereocenters. The first-order valence-electron chi connectivity index (χ1n) is 7.86. The third kappa shape index (κ3) is 11.0. The minimum Gasteiger partial charge on any atom is -0.285 e. The summed E-state index contributed by atoms with van der Waals surface area (Å²) in [5.74, 6) is 0. The van der Waals surface area contributed by atoms with Crippen molar-refractivity contribution in [2.75, 3.05) is 0 Å². The Kier molecular flexibility index (Phi) is 10.6. The summed E-state index contributed by atoms with van der Waals surface area (Å²) in [6.07, 6.45) is 13.6. The van der Waals surface area contributed by atoms with E-state index < -0.39 is 0 Å². The lowest BCUT2D eigenvalue weighted by Crippen LogP contribution is -1.91. The average Bonchev–Trinajstić information content (AvgIpc) is 2.38. The average molecular weight is 287 g/mol. The van der Waals surface area contributed by atoms with Gasteiger partial charge in [-0.15, -0.1) is 0 Å². The van der Waals surface area contributed by atoms with Crippen molar-refractivity contribution in [1.82, 2.24) is 0 Å². The molecule has 0 amide bonds. The Morgan fingerprint density at radius 1 is 0.810 bits per heavy atom. The van der Waals surface area contributed by atoms with Gasteiger partial charge in [-0.2, -0.15) is 0 Å². The molecule has 0 saturated heterocycles. The lowest BCUT2D eigenvalue weighted by Gasteiger charge is -2.04. The molecule has 1 radical (unpaired) electrons. The van der Waals surface area contributed by atoms with Crippen LogP contribution in [0.5, 0.6) is 0 Å². The van der Waals surface area contributed by atoms with Gasteiger partial charge in [0.25, 0.3) is 0 Å². The zero-order valence-corrected chi connectivity index (χ0v) is 14.7. The van der Waals surface area contributed by atoms with Gasteiger partial charge in [0.15, 0.2) is 0 Å². The quantitative estimate of drug-likeness (QED) is 0.362. The molecule has 0 aromatic carbocycles. The zero-order chi connectivity index (χ0) is 16.3. The van der Waals surface area contributed by atoms with Crippen LogP contribution in [0.25, 0.3) is 0 Å². The third-order valence-corrected chi connectivity index (χ3v) is 3.46. The minimum absolute atomic E-state index is 0.713. The third-order valence-electron chi connectivity index (χ3n) is 3.46. The van der Waals surface area contributed by atoms with Gasteiger partial charge in [-0.1, -0.05) is 40.5 Å². The number of carbonyl (C=O) groups excluding carboxylic acids is 1. The summed E-state index contributed by atoms with van der Waals surface area (Å²) < 4.78 is 0. The van der Waals surface area contributed by atoms with E-state index in [4.69, 9.17) is 0 Å². The predicted molar refractivity (Wildman–Crippen MR) is 94.1 cm³/mol. The lowest BCUT2D eigenvalue weighted by atomic mass is 10.0. The standard InChI is InChI=1S/C20H31O/c1-16(2)9-7-11-18(5)13-14-20(15-21)19(6)12-8-10-17(3)4/h9-10,13H,7-8,11-12,14H2,1-6H3/b18-13+,20-19+. The highest BCUT2D eigenvalue weighted by Crippen LogP contribution is 2.16. The summed E-state index contributed by atoms with van der Waals surface area (Å²) in [5, 5.41) is 0. The molecule has 117 valence electrons. The summed E-state index contributed by atoms with van der Waals surface area (Å²) >= 11 is 0. The van der Waals surface area contributed by atoms with Crippen molar-refractivity contribution in [2.45, 2.75) is 73.6 Å². The second kappa shape index (κ2) is 11.3. The SMILES string of the molecule is CC(C)=CCC/C(C)=C/C/C([C]=O)=C(/C)CCC=C(C)C. The molecule has 1 nitrogen and oxygen atoms in total. The Morgan fingerprint density at radius 3 is 1.81 bits per heavy atom. The van der Waals surface area contributed by atoms with E-state index in [2.05, 4.69) is 59.1 Å². The highest BCUT2D eigenvalue weighted by molar-refractivity contribution is 5.75. The topological polar surface area (TPSA) is 17.1 Å². The first-order valence-corrected chi connectivity index (χ1v) is 7.86. The monoisotopic (exact) mass is 287 g/mol. The summed E-state index contributed by atoms with van der Waals surface area (Å²) in [7, 11) is 0. The number of hydrogen-bond acceptors (Lipinski definition) is 1. The van der Waals surface area contributed by atoms with E-state index in [9.17, 15) is 4.79 Å². The minimum atomic E-state index is 0.713. The van der Waals surface area contributed by atoms with Crippen molar-refractivity contribution < 1.29 is 4.79 Å². The van der Waals surface area contributed by atoms with Crippen LogP contribution in [0.1, 0.15) is 73.6 Å². The van der Waals surface area contributed by atoms with Gasteiger partial charge in [-0.25, -0.2) is 0 Å². The lowest BCUT2D eigenvalue weighted by molar-refractivity contribution is 0.560. The van der Waals surface area contributed by atoms with Crippen LogP contribution in [0, 0.1) is 0 Å². The van der Waals surface area contributed by atoms with Crippen LogP contribution in [-0.4, -0.2) is 6.29 Å². The van der Waals surface area contributed by atoms with Crippen molar-refractivity contribution in [3.05, 3.63) is 46.1 Å². The largest absolute Gasteiger partial charge is 0.285 e. The molecule has 0 saturated carbocycles. The molecule has 0 aromatic rings. The predicted octanol–water partition coefficient (Wildman–Crippen LogP) is 6.24. The Labute approximate surface area is 131 Å². The van der Waals surface area contributed by atoms with E-state index in [0.717, 1.165) is 36.8 Å². The van der Waals surface area contributed by atoms with E-state index in [-0.39, 0.29) is 0 Å². The van der Waals surface area contributed by atoms with Crippen LogP contribution in [0.2, 0.25) is 0 Å². The van der Waals surface area contributed by atoms with Crippen LogP contribution in [0.4, 0.5) is 0 Å². The number of allylic oxidation sites excluding steroid dienone is 8. The maximum Gasteiger partial charge on any atom is 0.229 e. The van der Waals surface area contributed by atoms with E-state index in [1.165, 1.54) is 16.7 Å². The summed E-state index contributed by atoms with van der Waals surface area (Å²) in [4.78, 5) is 11.1. The Bertz CT molecular complexity index is 436. The van der Waals surface area contributed by atoms with Crippen molar-refractivity contribution in [2.24, 2.45) is 0 Å².